The first kappa shape index (κ1) is 9.79. The SMILES string of the molecule is CC1=CC(CC#N)c2ccccc2N1C. The Labute approximate surface area is 90.4 Å². The van der Waals surface area contributed by atoms with Gasteiger partial charge in [-0.1, -0.05) is 24.3 Å². The normalized spacial score (nSPS) is 19.1. The van der Waals surface area contributed by atoms with Crippen LogP contribution in [0.2, 0.25) is 0 Å². The topological polar surface area (TPSA) is 27.0 Å². The third kappa shape index (κ3) is 1.61. The molecule has 0 aromatic heterocycles. The molecule has 0 spiro atoms. The lowest BCUT2D eigenvalue weighted by molar-refractivity contribution is 0.823. The lowest BCUT2D eigenvalue weighted by atomic mass is 9.90. The van der Waals surface area contributed by atoms with E-state index in [0.29, 0.717) is 6.42 Å². The molecule has 2 rings (SSSR count). The standard InChI is InChI=1S/C13H14N2/c1-10-9-11(7-8-14)12-5-3-4-6-13(12)15(10)2/h3-6,9,11H,7H2,1-2H3. The zero-order valence-corrected chi connectivity index (χ0v) is 9.07. The summed E-state index contributed by atoms with van der Waals surface area (Å²) >= 11 is 0. The molecule has 1 heterocycles. The summed E-state index contributed by atoms with van der Waals surface area (Å²) in [4.78, 5) is 2.17. The number of allylic oxidation sites excluding steroid dienone is 2. The lowest BCUT2D eigenvalue weighted by Gasteiger charge is -2.30. The van der Waals surface area contributed by atoms with Gasteiger partial charge < -0.3 is 4.90 Å². The van der Waals surface area contributed by atoms with Crippen LogP contribution in [-0.4, -0.2) is 7.05 Å². The van der Waals surface area contributed by atoms with E-state index in [9.17, 15) is 0 Å². The summed E-state index contributed by atoms with van der Waals surface area (Å²) < 4.78 is 0. The number of hydrogen-bond donors (Lipinski definition) is 0. The van der Waals surface area contributed by atoms with Crippen LogP contribution in [-0.2, 0) is 0 Å². The first-order valence-electron chi connectivity index (χ1n) is 5.12. The van der Waals surface area contributed by atoms with Crippen LogP contribution >= 0.6 is 0 Å². The maximum absolute atomic E-state index is 8.80. The fraction of sp³-hybridized carbons (Fsp3) is 0.308. The first-order chi connectivity index (χ1) is 7.24. The summed E-state index contributed by atoms with van der Waals surface area (Å²) in [7, 11) is 2.06. The second-order valence-electron chi connectivity index (χ2n) is 3.89. The molecule has 0 radical (unpaired) electrons. The average Bonchev–Trinajstić information content (AvgIpc) is 2.26. The van der Waals surface area contributed by atoms with E-state index in [1.165, 1.54) is 16.9 Å². The Morgan fingerprint density at radius 2 is 2.13 bits per heavy atom. The minimum absolute atomic E-state index is 0.252. The van der Waals surface area contributed by atoms with Crippen LogP contribution in [0.15, 0.2) is 36.0 Å². The third-order valence-electron chi connectivity index (χ3n) is 2.98. The first-order valence-corrected chi connectivity index (χ1v) is 5.12. The molecule has 0 amide bonds. The number of fused-ring (bicyclic) bond motifs is 1. The van der Waals surface area contributed by atoms with Crippen molar-refractivity contribution in [3.63, 3.8) is 0 Å². The van der Waals surface area contributed by atoms with E-state index < -0.39 is 0 Å². The molecule has 0 fully saturated rings. The summed E-state index contributed by atoms with van der Waals surface area (Å²) in [6.45, 7) is 2.08. The Bertz CT molecular complexity index is 440. The summed E-state index contributed by atoms with van der Waals surface area (Å²) in [5.74, 6) is 0.252. The molecule has 0 N–H and O–H groups in total. The van der Waals surface area contributed by atoms with Crippen molar-refractivity contribution in [3.8, 4) is 6.07 Å². The molecule has 1 aromatic rings. The second kappa shape index (κ2) is 3.78. The van der Waals surface area contributed by atoms with Crippen LogP contribution in [0, 0.1) is 11.3 Å². The molecule has 0 aliphatic carbocycles. The van der Waals surface area contributed by atoms with E-state index in [1.807, 2.05) is 12.1 Å². The van der Waals surface area contributed by atoms with Crippen LogP contribution in [0.25, 0.3) is 0 Å². The smallest absolute Gasteiger partial charge is 0.0631 e. The minimum atomic E-state index is 0.252. The Kier molecular flexibility index (Phi) is 2.47. The fourth-order valence-electron chi connectivity index (χ4n) is 2.06. The molecule has 2 heteroatoms. The zero-order valence-electron chi connectivity index (χ0n) is 9.07. The summed E-state index contributed by atoms with van der Waals surface area (Å²) in [6.07, 6.45) is 2.73. The molecule has 0 saturated carbocycles. The van der Waals surface area contributed by atoms with E-state index in [0.717, 1.165) is 0 Å². The molecular formula is C13H14N2. The number of benzene rings is 1. The van der Waals surface area contributed by atoms with Gasteiger partial charge in [-0.25, -0.2) is 0 Å². The van der Waals surface area contributed by atoms with Crippen molar-refractivity contribution in [2.24, 2.45) is 0 Å². The molecule has 1 aromatic carbocycles. The third-order valence-corrected chi connectivity index (χ3v) is 2.98. The van der Waals surface area contributed by atoms with E-state index in [4.69, 9.17) is 5.26 Å². The van der Waals surface area contributed by atoms with Crippen LogP contribution < -0.4 is 4.90 Å². The largest absolute Gasteiger partial charge is 0.349 e. The number of nitriles is 1. The number of nitrogens with zero attached hydrogens (tertiary/aromatic N) is 2. The van der Waals surface area contributed by atoms with Gasteiger partial charge in [0, 0.05) is 30.8 Å². The molecule has 1 aliphatic rings. The van der Waals surface area contributed by atoms with Crippen molar-refractivity contribution >= 4 is 5.69 Å². The van der Waals surface area contributed by atoms with Gasteiger partial charge in [0.2, 0.25) is 0 Å². The Morgan fingerprint density at radius 3 is 2.87 bits per heavy atom. The number of anilines is 1. The van der Waals surface area contributed by atoms with Gasteiger partial charge in [-0.05, 0) is 18.6 Å². The van der Waals surface area contributed by atoms with Crippen molar-refractivity contribution in [1.82, 2.24) is 0 Å². The number of rotatable bonds is 1. The fourth-order valence-corrected chi connectivity index (χ4v) is 2.06. The van der Waals surface area contributed by atoms with Gasteiger partial charge >= 0.3 is 0 Å². The molecule has 2 nitrogen and oxygen atoms in total. The van der Waals surface area contributed by atoms with Crippen molar-refractivity contribution in [3.05, 3.63) is 41.6 Å². The lowest BCUT2D eigenvalue weighted by Crippen LogP contribution is -2.21. The van der Waals surface area contributed by atoms with Crippen molar-refractivity contribution in [2.45, 2.75) is 19.3 Å². The van der Waals surface area contributed by atoms with Gasteiger partial charge in [0.15, 0.2) is 0 Å². The molecule has 76 valence electrons. The summed E-state index contributed by atoms with van der Waals surface area (Å²) in [5, 5.41) is 8.80. The minimum Gasteiger partial charge on any atom is -0.349 e. The predicted octanol–water partition coefficient (Wildman–Crippen LogP) is 3.04. The Hall–Kier alpha value is -1.75. The van der Waals surface area contributed by atoms with E-state index in [1.54, 1.807) is 0 Å². The van der Waals surface area contributed by atoms with Crippen molar-refractivity contribution < 1.29 is 0 Å². The molecule has 0 saturated heterocycles. The van der Waals surface area contributed by atoms with Crippen LogP contribution in [0.4, 0.5) is 5.69 Å². The van der Waals surface area contributed by atoms with Crippen LogP contribution in [0.5, 0.6) is 0 Å². The maximum Gasteiger partial charge on any atom is 0.0631 e. The quantitative estimate of drug-likeness (QED) is 0.693. The van der Waals surface area contributed by atoms with Crippen molar-refractivity contribution in [2.75, 3.05) is 11.9 Å². The highest BCUT2D eigenvalue weighted by atomic mass is 15.1. The van der Waals surface area contributed by atoms with Crippen LogP contribution in [0.1, 0.15) is 24.8 Å². The van der Waals surface area contributed by atoms with Gasteiger partial charge in [0.25, 0.3) is 0 Å². The molecule has 1 atom stereocenters. The van der Waals surface area contributed by atoms with Crippen LogP contribution in [0.3, 0.4) is 0 Å². The molecule has 1 aliphatic heterocycles. The van der Waals surface area contributed by atoms with E-state index in [2.05, 4.69) is 43.1 Å². The van der Waals surface area contributed by atoms with E-state index in [-0.39, 0.29) is 5.92 Å². The Morgan fingerprint density at radius 1 is 1.40 bits per heavy atom. The molecule has 0 bridgehead atoms. The van der Waals surface area contributed by atoms with Gasteiger partial charge in [-0.2, -0.15) is 5.26 Å². The van der Waals surface area contributed by atoms with Gasteiger partial charge in [0.1, 0.15) is 0 Å². The predicted molar refractivity (Wildman–Crippen MR) is 61.6 cm³/mol. The highest BCUT2D eigenvalue weighted by molar-refractivity contribution is 5.62. The average molecular weight is 198 g/mol. The number of para-hydroxylation sites is 1. The highest BCUT2D eigenvalue weighted by Crippen LogP contribution is 2.36. The van der Waals surface area contributed by atoms with E-state index >= 15 is 0 Å². The van der Waals surface area contributed by atoms with Gasteiger partial charge in [-0.15, -0.1) is 0 Å². The van der Waals surface area contributed by atoms with Crippen molar-refractivity contribution in [1.29, 1.82) is 5.26 Å². The summed E-state index contributed by atoms with van der Waals surface area (Å²) in [6, 6.07) is 10.5. The molecular weight excluding hydrogens is 184 g/mol. The monoisotopic (exact) mass is 198 g/mol. The van der Waals surface area contributed by atoms with Gasteiger partial charge in [0.05, 0.1) is 6.07 Å². The van der Waals surface area contributed by atoms with Gasteiger partial charge in [-0.3, -0.25) is 0 Å². The maximum atomic E-state index is 8.80. The Balaban J connectivity index is 2.49. The molecule has 1 unspecified atom stereocenters. The highest BCUT2D eigenvalue weighted by Gasteiger charge is 2.20. The number of hydrogen-bond acceptors (Lipinski definition) is 2. The zero-order chi connectivity index (χ0) is 10.8. The summed E-state index contributed by atoms with van der Waals surface area (Å²) in [5.41, 5.74) is 3.69. The second-order valence-corrected chi connectivity index (χ2v) is 3.89. The molecule has 15 heavy (non-hydrogen) atoms.